The summed E-state index contributed by atoms with van der Waals surface area (Å²) in [5.74, 6) is 1.73. The number of rotatable bonds is 8. The molecule has 0 aliphatic rings. The lowest BCUT2D eigenvalue weighted by molar-refractivity contribution is 1.07. The molecule has 14 rings (SSSR count). The molecule has 4 nitrogen and oxygen atoms in total. The molecule has 0 aliphatic carbocycles. The lowest BCUT2D eigenvalue weighted by Gasteiger charge is -2.14. The Kier molecular flexibility index (Phi) is 10.9. The molecule has 76 heavy (non-hydrogen) atoms. The molecule has 4 heteroatoms. The van der Waals surface area contributed by atoms with E-state index in [1.165, 1.54) is 59.4 Å². The van der Waals surface area contributed by atoms with E-state index in [4.69, 9.17) is 15.0 Å². The van der Waals surface area contributed by atoms with Crippen LogP contribution in [0.1, 0.15) is 5.56 Å². The molecule has 1 aromatic heterocycles. The average Bonchev–Trinajstić information content (AvgIpc) is 3.57. The highest BCUT2D eigenvalue weighted by Crippen LogP contribution is 2.41. The fraction of sp³-hybridized carbons (Fsp3) is 0. The molecule has 0 saturated carbocycles. The summed E-state index contributed by atoms with van der Waals surface area (Å²) in [6, 6.07) is 96.6. The predicted octanol–water partition coefficient (Wildman–Crippen LogP) is 18.8. The molecular weight excluding hydrogens is 921 g/mol. The van der Waals surface area contributed by atoms with E-state index in [-0.39, 0.29) is 0 Å². The number of hydrogen-bond donors (Lipinski definition) is 0. The van der Waals surface area contributed by atoms with Crippen LogP contribution < -0.4 is 0 Å². The third-order valence-electron chi connectivity index (χ3n) is 14.9. The Balaban J connectivity index is 0.820. The monoisotopic (exact) mass is 964 g/mol. The second kappa shape index (κ2) is 18.6. The van der Waals surface area contributed by atoms with Crippen LogP contribution in [0.25, 0.3) is 144 Å². The molecule has 0 atom stereocenters. The summed E-state index contributed by atoms with van der Waals surface area (Å²) in [5, 5.41) is 22.7. The summed E-state index contributed by atoms with van der Waals surface area (Å²) in [5.41, 5.74) is 14.0. The number of fused-ring (bicyclic) bond motifs is 9. The van der Waals surface area contributed by atoms with Gasteiger partial charge in [-0.1, -0.05) is 224 Å². The third-order valence-corrected chi connectivity index (χ3v) is 14.9. The van der Waals surface area contributed by atoms with Gasteiger partial charge in [-0.05, 0) is 152 Å². The van der Waals surface area contributed by atoms with Crippen molar-refractivity contribution < 1.29 is 0 Å². The van der Waals surface area contributed by atoms with Crippen molar-refractivity contribution in [2.24, 2.45) is 0 Å². The maximum atomic E-state index is 10.2. The molecule has 0 saturated heterocycles. The van der Waals surface area contributed by atoms with E-state index in [9.17, 15) is 5.26 Å². The van der Waals surface area contributed by atoms with Gasteiger partial charge in [-0.2, -0.15) is 5.26 Å². The summed E-state index contributed by atoms with van der Waals surface area (Å²) < 4.78 is 0. The van der Waals surface area contributed by atoms with Crippen LogP contribution in [0, 0.1) is 11.3 Å². The van der Waals surface area contributed by atoms with Crippen molar-refractivity contribution in [3.63, 3.8) is 0 Å². The van der Waals surface area contributed by atoms with Crippen molar-refractivity contribution >= 4 is 53.9 Å². The second-order valence-corrected chi connectivity index (χ2v) is 19.4. The zero-order chi connectivity index (χ0) is 50.5. The summed E-state index contributed by atoms with van der Waals surface area (Å²) in [6.45, 7) is 0. The van der Waals surface area contributed by atoms with E-state index in [0.717, 1.165) is 66.8 Å². The number of nitriles is 1. The van der Waals surface area contributed by atoms with Crippen molar-refractivity contribution in [2.45, 2.75) is 0 Å². The highest BCUT2D eigenvalue weighted by atomic mass is 15.0. The maximum Gasteiger partial charge on any atom is 0.164 e. The van der Waals surface area contributed by atoms with Gasteiger partial charge in [-0.3, -0.25) is 0 Å². The molecule has 0 N–H and O–H groups in total. The largest absolute Gasteiger partial charge is 0.208 e. The predicted molar refractivity (Wildman–Crippen MR) is 316 cm³/mol. The molecule has 0 unspecified atom stereocenters. The normalized spacial score (nSPS) is 11.4. The number of aromatic nitrogens is 3. The van der Waals surface area contributed by atoms with Gasteiger partial charge in [-0.15, -0.1) is 0 Å². The van der Waals surface area contributed by atoms with Crippen LogP contribution in [-0.4, -0.2) is 15.0 Å². The van der Waals surface area contributed by atoms with Gasteiger partial charge in [0.1, 0.15) is 0 Å². The molecule has 0 fully saturated rings. The second-order valence-electron chi connectivity index (χ2n) is 19.4. The SMILES string of the molecule is N#Cc1ccc(-c2cccc(-c3ccc(-c4ccc5c6ccccc6c6ccccc6c5c4)cc3)c2)c(-c2cccc(-c3nc(-c4ccccc4)nc(-c4cccc(-c5cc6ccccc6c6ccccc56)c4)n3)c2)c1. The van der Waals surface area contributed by atoms with Crippen LogP contribution in [-0.2, 0) is 0 Å². The zero-order valence-electron chi connectivity index (χ0n) is 41.2. The first-order valence-corrected chi connectivity index (χ1v) is 25.6. The van der Waals surface area contributed by atoms with Gasteiger partial charge in [0, 0.05) is 16.7 Å². The summed E-state index contributed by atoms with van der Waals surface area (Å²) >= 11 is 0. The van der Waals surface area contributed by atoms with Crippen molar-refractivity contribution in [1.29, 1.82) is 5.26 Å². The molecule has 0 aliphatic heterocycles. The highest BCUT2D eigenvalue weighted by molar-refractivity contribution is 6.25. The van der Waals surface area contributed by atoms with E-state index in [1.807, 2.05) is 48.5 Å². The van der Waals surface area contributed by atoms with Gasteiger partial charge < -0.3 is 0 Å². The standard InChI is InChI=1S/C72H44N4/c73-45-46-31-37-59(52-19-12-18-50(40-52)47-32-34-48(35-33-47)51-36-38-66-63-28-8-7-26-61(63)62-27-9-11-30-65(62)69(66)43-51)67(39-46)53-20-13-22-56(41-53)71-74-70(49-15-2-1-3-16-49)75-72(76-71)57-23-14-21-54(42-57)68-44-55-17-4-5-24-58(55)60-25-6-10-29-64(60)68/h1-44H. The van der Waals surface area contributed by atoms with E-state index < -0.39 is 0 Å². The fourth-order valence-electron chi connectivity index (χ4n) is 11.2. The first kappa shape index (κ1) is 44.4. The van der Waals surface area contributed by atoms with Crippen molar-refractivity contribution in [3.05, 3.63) is 272 Å². The molecule has 1 heterocycles. The van der Waals surface area contributed by atoms with E-state index in [0.29, 0.717) is 23.0 Å². The Morgan fingerprint density at radius 1 is 0.224 bits per heavy atom. The Morgan fingerprint density at radius 2 is 0.632 bits per heavy atom. The summed E-state index contributed by atoms with van der Waals surface area (Å²) in [7, 11) is 0. The lowest BCUT2D eigenvalue weighted by Crippen LogP contribution is -2.00. The number of hydrogen-bond acceptors (Lipinski definition) is 4. The topological polar surface area (TPSA) is 62.5 Å². The van der Waals surface area contributed by atoms with Crippen molar-refractivity contribution in [2.75, 3.05) is 0 Å². The quantitative estimate of drug-likeness (QED) is 0.142. The first-order chi connectivity index (χ1) is 37.6. The summed E-state index contributed by atoms with van der Waals surface area (Å²) in [4.78, 5) is 15.5. The van der Waals surface area contributed by atoms with Crippen LogP contribution in [0.15, 0.2) is 267 Å². The number of nitrogens with zero attached hydrogens (tertiary/aromatic N) is 4. The maximum absolute atomic E-state index is 10.2. The van der Waals surface area contributed by atoms with Gasteiger partial charge in [0.15, 0.2) is 17.5 Å². The molecular formula is C72H44N4. The Bertz CT molecular complexity index is 4610. The van der Waals surface area contributed by atoms with Gasteiger partial charge in [0.2, 0.25) is 0 Å². The lowest BCUT2D eigenvalue weighted by atomic mass is 9.90. The van der Waals surface area contributed by atoms with Crippen LogP contribution in [0.3, 0.4) is 0 Å². The molecule has 14 aromatic rings. The van der Waals surface area contributed by atoms with E-state index in [2.05, 4.69) is 224 Å². The molecule has 0 bridgehead atoms. The first-order valence-electron chi connectivity index (χ1n) is 25.6. The average molecular weight is 965 g/mol. The van der Waals surface area contributed by atoms with Gasteiger partial charge in [-0.25, -0.2) is 15.0 Å². The Morgan fingerprint density at radius 3 is 1.24 bits per heavy atom. The van der Waals surface area contributed by atoms with E-state index >= 15 is 0 Å². The van der Waals surface area contributed by atoms with Crippen molar-refractivity contribution in [1.82, 2.24) is 15.0 Å². The minimum Gasteiger partial charge on any atom is -0.208 e. The number of benzene rings is 13. The molecule has 0 radical (unpaired) electrons. The smallest absolute Gasteiger partial charge is 0.164 e. The zero-order valence-corrected chi connectivity index (χ0v) is 41.2. The minimum absolute atomic E-state index is 0.557. The van der Waals surface area contributed by atoms with Gasteiger partial charge in [0.05, 0.1) is 11.6 Å². The third kappa shape index (κ3) is 7.92. The molecule has 352 valence electrons. The van der Waals surface area contributed by atoms with Crippen LogP contribution >= 0.6 is 0 Å². The minimum atomic E-state index is 0.557. The van der Waals surface area contributed by atoms with Crippen LogP contribution in [0.2, 0.25) is 0 Å². The van der Waals surface area contributed by atoms with Crippen LogP contribution in [0.5, 0.6) is 0 Å². The van der Waals surface area contributed by atoms with Gasteiger partial charge in [0.25, 0.3) is 0 Å². The highest BCUT2D eigenvalue weighted by Gasteiger charge is 2.18. The molecule has 0 spiro atoms. The molecule has 13 aromatic carbocycles. The van der Waals surface area contributed by atoms with Crippen LogP contribution in [0.4, 0.5) is 0 Å². The van der Waals surface area contributed by atoms with E-state index in [1.54, 1.807) is 0 Å². The Labute approximate surface area is 440 Å². The van der Waals surface area contributed by atoms with Gasteiger partial charge >= 0.3 is 0 Å². The molecule has 0 amide bonds. The summed E-state index contributed by atoms with van der Waals surface area (Å²) in [6.07, 6.45) is 0. The van der Waals surface area contributed by atoms with Crippen molar-refractivity contribution in [3.8, 4) is 95.9 Å². The fourth-order valence-corrected chi connectivity index (χ4v) is 11.2. The Hall–Kier alpha value is -10.3.